The molecule has 4 rings (SSSR count). The van der Waals surface area contributed by atoms with Gasteiger partial charge in [-0.15, -0.1) is 0 Å². The highest BCUT2D eigenvalue weighted by Crippen LogP contribution is 2.28. The van der Waals surface area contributed by atoms with Crippen LogP contribution in [-0.4, -0.2) is 21.3 Å². The number of hydrogen-bond donors (Lipinski definition) is 2. The number of halogens is 1. The zero-order chi connectivity index (χ0) is 20.4. The maximum Gasteiger partial charge on any atom is 0.250 e. The van der Waals surface area contributed by atoms with Gasteiger partial charge in [0.2, 0.25) is 0 Å². The van der Waals surface area contributed by atoms with E-state index in [1.54, 1.807) is 0 Å². The first-order chi connectivity index (χ1) is 13.9. The molecule has 0 aliphatic carbocycles. The number of fused-ring (bicyclic) bond motifs is 1. The monoisotopic (exact) mass is 406 g/mol. The third-order valence-corrected chi connectivity index (χ3v) is 5.21. The average Bonchev–Trinajstić information content (AvgIpc) is 2.67. The molecule has 0 saturated heterocycles. The number of aliphatic imine (C=N–C) groups is 1. The predicted molar refractivity (Wildman–Crippen MR) is 117 cm³/mol. The van der Waals surface area contributed by atoms with E-state index in [4.69, 9.17) is 16.6 Å². The molecular weight excluding hydrogens is 384 g/mol. The maximum atomic E-state index is 11.9. The summed E-state index contributed by atoms with van der Waals surface area (Å²) in [4.78, 5) is 24.2. The fourth-order valence-electron chi connectivity index (χ4n) is 3.70. The topological polar surface area (TPSA) is 70.1 Å². The molecular formula is C23H23ClN4O. The maximum absolute atomic E-state index is 11.9. The molecule has 1 aliphatic heterocycles. The van der Waals surface area contributed by atoms with E-state index in [-0.39, 0.29) is 17.1 Å². The van der Waals surface area contributed by atoms with Gasteiger partial charge in [-0.3, -0.25) is 9.79 Å². The Hall–Kier alpha value is -2.92. The van der Waals surface area contributed by atoms with Crippen LogP contribution in [0, 0.1) is 0 Å². The average molecular weight is 407 g/mol. The smallest absolute Gasteiger partial charge is 0.250 e. The number of nitrogens with one attached hydrogen (secondary N) is 2. The lowest BCUT2D eigenvalue weighted by Gasteiger charge is -2.35. The number of benzene rings is 2. The van der Waals surface area contributed by atoms with Crippen LogP contribution in [0.1, 0.15) is 42.4 Å². The Morgan fingerprint density at radius 1 is 1.17 bits per heavy atom. The molecule has 1 aromatic heterocycles. The summed E-state index contributed by atoms with van der Waals surface area (Å²) in [5, 5.41) is 4.27. The second-order valence-electron chi connectivity index (χ2n) is 7.99. The Labute approximate surface area is 174 Å². The highest BCUT2D eigenvalue weighted by molar-refractivity contribution is 6.30. The molecule has 2 aromatic carbocycles. The minimum atomic E-state index is -0.328. The first-order valence-corrected chi connectivity index (χ1v) is 10.0. The predicted octanol–water partition coefficient (Wildman–Crippen LogP) is 4.08. The summed E-state index contributed by atoms with van der Waals surface area (Å²) in [6.07, 6.45) is 3.01. The van der Waals surface area contributed by atoms with E-state index in [2.05, 4.69) is 41.3 Å². The first kappa shape index (κ1) is 19.4. The highest BCUT2D eigenvalue weighted by atomic mass is 35.5. The van der Waals surface area contributed by atoms with Gasteiger partial charge >= 0.3 is 0 Å². The summed E-state index contributed by atoms with van der Waals surface area (Å²) in [5.41, 5.74) is 2.97. The third-order valence-electron chi connectivity index (χ3n) is 4.97. The molecule has 0 unspecified atom stereocenters. The van der Waals surface area contributed by atoms with Crippen LogP contribution in [0.25, 0.3) is 0 Å². The van der Waals surface area contributed by atoms with Crippen molar-refractivity contribution in [3.05, 3.63) is 98.7 Å². The molecule has 148 valence electrons. The molecule has 0 bridgehead atoms. The summed E-state index contributed by atoms with van der Waals surface area (Å²) in [6.45, 7) is 4.28. The van der Waals surface area contributed by atoms with Gasteiger partial charge in [-0.1, -0.05) is 41.9 Å². The van der Waals surface area contributed by atoms with Crippen molar-refractivity contribution >= 4 is 17.4 Å². The highest BCUT2D eigenvalue weighted by Gasteiger charge is 2.29. The molecule has 3 aromatic rings. The number of amidine groups is 1. The Balaban J connectivity index is 1.80. The SMILES string of the molecule is CC1(C)Cc2cc(Cl)ccc2C(=N[C@@H](Cc2ccccc2)c2nccc(=O)[nH]2)N1. The second-order valence-corrected chi connectivity index (χ2v) is 8.43. The second kappa shape index (κ2) is 7.84. The molecule has 0 fully saturated rings. The van der Waals surface area contributed by atoms with E-state index >= 15 is 0 Å². The van der Waals surface area contributed by atoms with Gasteiger partial charge in [0, 0.05) is 34.8 Å². The van der Waals surface area contributed by atoms with Crippen LogP contribution < -0.4 is 10.9 Å². The molecule has 2 N–H and O–H groups in total. The lowest BCUT2D eigenvalue weighted by molar-refractivity contribution is 0.445. The van der Waals surface area contributed by atoms with Crippen LogP contribution in [-0.2, 0) is 12.8 Å². The van der Waals surface area contributed by atoms with Crippen LogP contribution >= 0.6 is 11.6 Å². The summed E-state index contributed by atoms with van der Waals surface area (Å²) < 4.78 is 0. The zero-order valence-corrected chi connectivity index (χ0v) is 17.2. The van der Waals surface area contributed by atoms with Gasteiger partial charge in [-0.2, -0.15) is 0 Å². The van der Waals surface area contributed by atoms with Crippen molar-refractivity contribution in [3.63, 3.8) is 0 Å². The molecule has 29 heavy (non-hydrogen) atoms. The van der Waals surface area contributed by atoms with Crippen molar-refractivity contribution in [2.75, 3.05) is 0 Å². The van der Waals surface area contributed by atoms with E-state index in [0.717, 1.165) is 34.0 Å². The normalized spacial score (nSPS) is 17.4. The van der Waals surface area contributed by atoms with Crippen molar-refractivity contribution in [3.8, 4) is 0 Å². The molecule has 1 aliphatic rings. The molecule has 0 amide bonds. The van der Waals surface area contributed by atoms with E-state index in [0.29, 0.717) is 12.2 Å². The fourth-order valence-corrected chi connectivity index (χ4v) is 3.90. The summed E-state index contributed by atoms with van der Waals surface area (Å²) >= 11 is 6.23. The molecule has 0 radical (unpaired) electrons. The number of aromatic amines is 1. The lowest BCUT2D eigenvalue weighted by atomic mass is 9.87. The van der Waals surface area contributed by atoms with Gasteiger partial charge in [0.05, 0.1) is 0 Å². The standard InChI is InChI=1S/C23H23ClN4O/c1-23(2)14-16-13-17(24)8-9-18(16)21(28-23)26-19(12-15-6-4-3-5-7-15)22-25-11-10-20(29)27-22/h3-11,13,19H,12,14H2,1-2H3,(H,26,28)(H,25,27,29)/t19-/m0/s1. The van der Waals surface area contributed by atoms with E-state index in [1.165, 1.54) is 12.3 Å². The molecule has 0 spiro atoms. The van der Waals surface area contributed by atoms with Gasteiger partial charge in [-0.05, 0) is 49.6 Å². The lowest BCUT2D eigenvalue weighted by Crippen LogP contribution is -2.49. The van der Waals surface area contributed by atoms with Crippen molar-refractivity contribution < 1.29 is 0 Å². The molecule has 2 heterocycles. The van der Waals surface area contributed by atoms with Crippen LogP contribution in [0.4, 0.5) is 0 Å². The van der Waals surface area contributed by atoms with E-state index in [1.807, 2.05) is 36.4 Å². The Morgan fingerprint density at radius 3 is 2.72 bits per heavy atom. The molecule has 5 nitrogen and oxygen atoms in total. The van der Waals surface area contributed by atoms with Crippen LogP contribution in [0.3, 0.4) is 0 Å². The fraction of sp³-hybridized carbons (Fsp3) is 0.261. The quantitative estimate of drug-likeness (QED) is 0.685. The number of hydrogen-bond acceptors (Lipinski definition) is 3. The van der Waals surface area contributed by atoms with Crippen LogP contribution in [0.5, 0.6) is 0 Å². The van der Waals surface area contributed by atoms with Crippen molar-refractivity contribution in [1.82, 2.24) is 15.3 Å². The van der Waals surface area contributed by atoms with Crippen molar-refractivity contribution in [1.29, 1.82) is 0 Å². The van der Waals surface area contributed by atoms with Gasteiger partial charge in [-0.25, -0.2) is 4.98 Å². The Kier molecular flexibility index (Phi) is 5.24. The zero-order valence-electron chi connectivity index (χ0n) is 16.4. The van der Waals surface area contributed by atoms with Crippen molar-refractivity contribution in [2.24, 2.45) is 4.99 Å². The summed E-state index contributed by atoms with van der Waals surface area (Å²) in [6, 6.07) is 17.1. The van der Waals surface area contributed by atoms with E-state index in [9.17, 15) is 4.79 Å². The first-order valence-electron chi connectivity index (χ1n) is 9.64. The largest absolute Gasteiger partial charge is 0.365 e. The number of rotatable bonds is 4. The molecule has 0 saturated carbocycles. The Morgan fingerprint density at radius 2 is 1.97 bits per heavy atom. The van der Waals surface area contributed by atoms with Gasteiger partial charge in [0.25, 0.3) is 5.56 Å². The van der Waals surface area contributed by atoms with E-state index < -0.39 is 0 Å². The van der Waals surface area contributed by atoms with Crippen LogP contribution in [0.15, 0.2) is 70.6 Å². The summed E-state index contributed by atoms with van der Waals surface area (Å²) in [7, 11) is 0. The minimum absolute atomic E-state index is 0.161. The molecule has 6 heteroatoms. The third kappa shape index (κ3) is 4.57. The Bertz CT molecular complexity index is 1110. The number of H-pyrrole nitrogens is 1. The number of aromatic nitrogens is 2. The van der Waals surface area contributed by atoms with Gasteiger partial charge < -0.3 is 10.3 Å². The molecule has 1 atom stereocenters. The van der Waals surface area contributed by atoms with Crippen molar-refractivity contribution in [2.45, 2.75) is 38.3 Å². The summed E-state index contributed by atoms with van der Waals surface area (Å²) in [5.74, 6) is 1.34. The minimum Gasteiger partial charge on any atom is -0.365 e. The van der Waals surface area contributed by atoms with Gasteiger partial charge in [0.15, 0.2) is 0 Å². The van der Waals surface area contributed by atoms with Gasteiger partial charge in [0.1, 0.15) is 17.7 Å². The number of nitrogens with zero attached hydrogens (tertiary/aromatic N) is 2. The van der Waals surface area contributed by atoms with Crippen LogP contribution in [0.2, 0.25) is 5.02 Å².